The van der Waals surface area contributed by atoms with E-state index in [1.807, 2.05) is 6.92 Å². The molecule has 32 heavy (non-hydrogen) atoms. The van der Waals surface area contributed by atoms with Crippen LogP contribution in [0, 0.1) is 32.1 Å². The molecule has 0 unspecified atom stereocenters. The fourth-order valence-electron chi connectivity index (χ4n) is 5.51. The molecule has 1 heterocycles. The average Bonchev–Trinajstić information content (AvgIpc) is 2.68. The number of aromatic nitrogens is 1. The molecule has 2 aromatic carbocycles. The molecule has 1 aromatic heterocycles. The molecule has 168 valence electrons. The lowest BCUT2D eigenvalue weighted by Crippen LogP contribution is -2.58. The van der Waals surface area contributed by atoms with Crippen molar-refractivity contribution in [3.8, 4) is 17.3 Å². The Morgan fingerprint density at radius 1 is 0.875 bits per heavy atom. The van der Waals surface area contributed by atoms with Gasteiger partial charge >= 0.3 is 0 Å². The van der Waals surface area contributed by atoms with Crippen molar-refractivity contribution >= 4 is 24.0 Å². The highest BCUT2D eigenvalue weighted by molar-refractivity contribution is 6.95. The number of hydrogen-bond donors (Lipinski definition) is 0. The zero-order valence-corrected chi connectivity index (χ0v) is 22.9. The second-order valence-corrected chi connectivity index (χ2v) is 17.5. The first kappa shape index (κ1) is 24.2. The van der Waals surface area contributed by atoms with Crippen LogP contribution < -0.4 is 9.75 Å². The van der Waals surface area contributed by atoms with Gasteiger partial charge in [-0.1, -0.05) is 65.4 Å². The van der Waals surface area contributed by atoms with Gasteiger partial charge in [0.05, 0.1) is 30.7 Å². The number of aryl methyl sites for hydroxylation is 2. The molecule has 0 bridgehead atoms. The van der Waals surface area contributed by atoms with E-state index in [0.717, 1.165) is 16.7 Å². The van der Waals surface area contributed by atoms with Crippen molar-refractivity contribution in [2.45, 2.75) is 78.9 Å². The van der Waals surface area contributed by atoms with Crippen molar-refractivity contribution in [2.24, 2.45) is 7.05 Å². The largest absolute Gasteiger partial charge is 0.220 e. The van der Waals surface area contributed by atoms with Crippen LogP contribution in [-0.4, -0.2) is 8.07 Å². The molecule has 0 saturated heterocycles. The zero-order valence-electron chi connectivity index (χ0n) is 21.9. The van der Waals surface area contributed by atoms with Gasteiger partial charge in [-0.2, -0.15) is 5.26 Å². The van der Waals surface area contributed by atoms with Crippen LogP contribution in [0.15, 0.2) is 36.5 Å². The maximum atomic E-state index is 9.60. The Labute approximate surface area is 195 Å². The third-order valence-corrected chi connectivity index (χ3v) is 15.6. The fraction of sp³-hybridized carbons (Fsp3) is 0.448. The molecule has 0 radical (unpaired) electrons. The van der Waals surface area contributed by atoms with Gasteiger partial charge in [-0.3, -0.25) is 0 Å². The Kier molecular flexibility index (Phi) is 5.94. The van der Waals surface area contributed by atoms with Gasteiger partial charge in [0.1, 0.15) is 7.05 Å². The summed E-state index contributed by atoms with van der Waals surface area (Å²) in [6.45, 7) is 23.3. The van der Waals surface area contributed by atoms with Gasteiger partial charge in [-0.15, -0.1) is 0 Å². The normalized spacial score (nSPS) is 12.8. The second-order valence-electron chi connectivity index (χ2n) is 11.7. The minimum Gasteiger partial charge on any atom is -0.200 e. The number of benzene rings is 2. The van der Waals surface area contributed by atoms with Crippen LogP contribution in [0.1, 0.15) is 63.8 Å². The van der Waals surface area contributed by atoms with Gasteiger partial charge in [-0.05, 0) is 65.1 Å². The van der Waals surface area contributed by atoms with Crippen molar-refractivity contribution in [2.75, 3.05) is 0 Å². The first-order valence-electron chi connectivity index (χ1n) is 11.6. The van der Waals surface area contributed by atoms with Crippen LogP contribution in [0.5, 0.6) is 0 Å². The quantitative estimate of drug-likeness (QED) is 0.309. The molecule has 0 atom stereocenters. The minimum absolute atomic E-state index is 0.249. The number of nitriles is 1. The molecule has 3 heteroatoms. The molecule has 3 rings (SSSR count). The highest BCUT2D eigenvalue weighted by Crippen LogP contribution is 2.50. The zero-order chi connectivity index (χ0) is 24.2. The van der Waals surface area contributed by atoms with Crippen LogP contribution in [0.3, 0.4) is 0 Å². The lowest BCUT2D eigenvalue weighted by molar-refractivity contribution is -0.659. The SMILES string of the molecule is Cc1cc(-c2c3ccc([Si](C)(C(C)(C)C)C(C)(C)C)cc3cc[n+]2C)c(C)c(C)c1C#N. The highest BCUT2D eigenvalue weighted by Gasteiger charge is 2.50. The van der Waals surface area contributed by atoms with Gasteiger partial charge in [-0.25, -0.2) is 4.57 Å². The number of hydrogen-bond acceptors (Lipinski definition) is 1. The van der Waals surface area contributed by atoms with E-state index in [4.69, 9.17) is 0 Å². The molecule has 0 spiro atoms. The molecule has 0 N–H and O–H groups in total. The summed E-state index contributed by atoms with van der Waals surface area (Å²) in [5.41, 5.74) is 6.54. The first-order chi connectivity index (χ1) is 14.6. The van der Waals surface area contributed by atoms with E-state index in [9.17, 15) is 5.26 Å². The van der Waals surface area contributed by atoms with E-state index >= 15 is 0 Å². The summed E-state index contributed by atoms with van der Waals surface area (Å²) in [5, 5.41) is 14.2. The van der Waals surface area contributed by atoms with E-state index < -0.39 is 8.07 Å². The van der Waals surface area contributed by atoms with Gasteiger partial charge in [0.25, 0.3) is 0 Å². The van der Waals surface area contributed by atoms with Gasteiger partial charge in [0.15, 0.2) is 6.20 Å². The van der Waals surface area contributed by atoms with Crippen molar-refractivity contribution in [1.82, 2.24) is 0 Å². The predicted molar refractivity (Wildman–Crippen MR) is 140 cm³/mol. The maximum Gasteiger partial charge on any atom is 0.220 e. The average molecular weight is 444 g/mol. The minimum atomic E-state index is -1.84. The summed E-state index contributed by atoms with van der Waals surface area (Å²) >= 11 is 0. The van der Waals surface area contributed by atoms with Crippen LogP contribution in [0.4, 0.5) is 0 Å². The Bertz CT molecular complexity index is 1230. The second kappa shape index (κ2) is 7.85. The Morgan fingerprint density at radius 2 is 1.47 bits per heavy atom. The third-order valence-electron chi connectivity index (χ3n) is 8.18. The first-order valence-corrected chi connectivity index (χ1v) is 14.1. The van der Waals surface area contributed by atoms with Crippen molar-refractivity contribution in [3.05, 3.63) is 58.8 Å². The van der Waals surface area contributed by atoms with E-state index in [-0.39, 0.29) is 10.1 Å². The van der Waals surface area contributed by atoms with Crippen LogP contribution in [0.2, 0.25) is 16.6 Å². The lowest BCUT2D eigenvalue weighted by Gasteiger charge is -2.50. The Morgan fingerprint density at radius 3 is 2.00 bits per heavy atom. The Balaban J connectivity index is 2.35. The molecular weight excluding hydrogens is 404 g/mol. The lowest BCUT2D eigenvalue weighted by atomic mass is 9.91. The number of rotatable bonds is 2. The standard InChI is InChI=1S/C29H39N2Si/c1-19-16-25(20(2)21(3)26(19)18-30)27-24-13-12-23(17-22(24)14-15-31(27)10)32(11,28(4,5)6)29(7,8)9/h12-17H,1-11H3/q+1. The summed E-state index contributed by atoms with van der Waals surface area (Å²) < 4.78 is 2.22. The number of pyridine rings is 1. The van der Waals surface area contributed by atoms with Crippen LogP contribution >= 0.6 is 0 Å². The van der Waals surface area contributed by atoms with E-state index in [1.165, 1.54) is 32.8 Å². The molecule has 0 saturated carbocycles. The predicted octanol–water partition coefficient (Wildman–Crippen LogP) is 7.01. The van der Waals surface area contributed by atoms with Gasteiger partial charge in [0, 0.05) is 6.07 Å². The Hall–Kier alpha value is -2.44. The van der Waals surface area contributed by atoms with Crippen LogP contribution in [0.25, 0.3) is 22.0 Å². The third kappa shape index (κ3) is 3.59. The maximum absolute atomic E-state index is 9.60. The summed E-state index contributed by atoms with van der Waals surface area (Å²) in [7, 11) is 0.279. The van der Waals surface area contributed by atoms with Crippen molar-refractivity contribution in [1.29, 1.82) is 5.26 Å². The van der Waals surface area contributed by atoms with Gasteiger partial charge in [0.2, 0.25) is 5.69 Å². The molecule has 3 aromatic rings. The fourth-order valence-corrected chi connectivity index (χ4v) is 10.4. The molecule has 0 aliphatic carbocycles. The molecular formula is C29H39N2Si+. The summed E-state index contributed by atoms with van der Waals surface area (Å²) in [6.07, 6.45) is 2.18. The molecule has 0 fully saturated rings. The van der Waals surface area contributed by atoms with E-state index in [1.54, 1.807) is 0 Å². The monoisotopic (exact) mass is 443 g/mol. The smallest absolute Gasteiger partial charge is 0.200 e. The molecule has 0 amide bonds. The highest BCUT2D eigenvalue weighted by atomic mass is 28.3. The summed E-state index contributed by atoms with van der Waals surface area (Å²) in [6, 6.07) is 14.0. The van der Waals surface area contributed by atoms with Crippen molar-refractivity contribution < 1.29 is 4.57 Å². The summed E-state index contributed by atoms with van der Waals surface area (Å²) in [5.74, 6) is 0. The van der Waals surface area contributed by atoms with E-state index in [2.05, 4.69) is 116 Å². The topological polar surface area (TPSA) is 27.7 Å². The molecule has 2 nitrogen and oxygen atoms in total. The van der Waals surface area contributed by atoms with Gasteiger partial charge < -0.3 is 0 Å². The summed E-state index contributed by atoms with van der Waals surface area (Å²) in [4.78, 5) is 0. The molecule has 0 aliphatic rings. The number of fused-ring (bicyclic) bond motifs is 1. The van der Waals surface area contributed by atoms with Crippen molar-refractivity contribution in [3.63, 3.8) is 0 Å². The van der Waals surface area contributed by atoms with E-state index in [0.29, 0.717) is 0 Å². The number of nitrogens with zero attached hydrogens (tertiary/aromatic N) is 2. The van der Waals surface area contributed by atoms with Crippen LogP contribution in [-0.2, 0) is 7.05 Å². The molecule has 0 aliphatic heterocycles.